The Bertz CT molecular complexity index is 432. The lowest BCUT2D eigenvalue weighted by Crippen LogP contribution is -2.44. The summed E-state index contributed by atoms with van der Waals surface area (Å²) in [7, 11) is 2.09. The molecule has 19 heavy (non-hydrogen) atoms. The SMILES string of the molecule is CN1CCN(CCCc2c(F)ccc(F)c2O)CC1. The first kappa shape index (κ1) is 14.2. The lowest BCUT2D eigenvalue weighted by molar-refractivity contribution is 0.153. The molecule has 0 amide bonds. The monoisotopic (exact) mass is 270 g/mol. The minimum Gasteiger partial charge on any atom is -0.505 e. The molecule has 1 aromatic rings. The minimum absolute atomic E-state index is 0.0918. The minimum atomic E-state index is -0.754. The molecule has 0 bridgehead atoms. The number of phenolic OH excluding ortho intramolecular Hbond substituents is 1. The van der Waals surface area contributed by atoms with Gasteiger partial charge in [-0.2, -0.15) is 0 Å². The van der Waals surface area contributed by atoms with Gasteiger partial charge >= 0.3 is 0 Å². The van der Waals surface area contributed by atoms with Crippen molar-refractivity contribution in [2.45, 2.75) is 12.8 Å². The van der Waals surface area contributed by atoms with E-state index < -0.39 is 17.4 Å². The predicted molar refractivity (Wildman–Crippen MR) is 70.3 cm³/mol. The Hall–Kier alpha value is -1.20. The van der Waals surface area contributed by atoms with Gasteiger partial charge in [-0.05, 0) is 38.6 Å². The summed E-state index contributed by atoms with van der Waals surface area (Å²) >= 11 is 0. The molecule has 0 aromatic heterocycles. The van der Waals surface area contributed by atoms with Crippen LogP contribution < -0.4 is 0 Å². The molecule has 1 aromatic carbocycles. The molecule has 1 saturated heterocycles. The molecule has 1 heterocycles. The Kier molecular flexibility index (Phi) is 4.71. The van der Waals surface area contributed by atoms with E-state index in [0.717, 1.165) is 51.3 Å². The van der Waals surface area contributed by atoms with Crippen LogP contribution in [-0.2, 0) is 6.42 Å². The molecule has 106 valence electrons. The maximum atomic E-state index is 13.5. The van der Waals surface area contributed by atoms with Gasteiger partial charge in [-0.15, -0.1) is 0 Å². The fraction of sp³-hybridized carbons (Fsp3) is 0.571. The van der Waals surface area contributed by atoms with Crippen molar-refractivity contribution >= 4 is 0 Å². The van der Waals surface area contributed by atoms with Crippen LogP contribution in [0.4, 0.5) is 8.78 Å². The molecule has 1 fully saturated rings. The molecule has 1 aliphatic rings. The van der Waals surface area contributed by atoms with Gasteiger partial charge in [0.2, 0.25) is 0 Å². The highest BCUT2D eigenvalue weighted by atomic mass is 19.1. The molecule has 0 radical (unpaired) electrons. The molecule has 3 nitrogen and oxygen atoms in total. The van der Waals surface area contributed by atoms with E-state index in [-0.39, 0.29) is 5.56 Å². The second-order valence-corrected chi connectivity index (χ2v) is 5.10. The van der Waals surface area contributed by atoms with Crippen LogP contribution in [0.25, 0.3) is 0 Å². The van der Waals surface area contributed by atoms with Gasteiger partial charge in [-0.3, -0.25) is 0 Å². The van der Waals surface area contributed by atoms with Crippen LogP contribution in [-0.4, -0.2) is 54.7 Å². The number of nitrogens with zero attached hydrogens (tertiary/aromatic N) is 2. The number of rotatable bonds is 4. The molecule has 0 saturated carbocycles. The van der Waals surface area contributed by atoms with Gasteiger partial charge < -0.3 is 14.9 Å². The summed E-state index contributed by atoms with van der Waals surface area (Å²) in [5, 5.41) is 9.51. The fourth-order valence-electron chi connectivity index (χ4n) is 2.37. The quantitative estimate of drug-likeness (QED) is 0.904. The second-order valence-electron chi connectivity index (χ2n) is 5.10. The van der Waals surface area contributed by atoms with Crippen molar-refractivity contribution in [3.8, 4) is 5.75 Å². The van der Waals surface area contributed by atoms with Crippen LogP contribution in [0, 0.1) is 11.6 Å². The van der Waals surface area contributed by atoms with Gasteiger partial charge in [0.25, 0.3) is 0 Å². The van der Waals surface area contributed by atoms with E-state index in [2.05, 4.69) is 16.8 Å². The molecule has 0 spiro atoms. The molecular weight excluding hydrogens is 250 g/mol. The number of phenols is 1. The molecule has 0 aliphatic carbocycles. The van der Waals surface area contributed by atoms with Crippen molar-refractivity contribution in [2.24, 2.45) is 0 Å². The first-order valence-corrected chi connectivity index (χ1v) is 6.64. The number of likely N-dealkylation sites (N-methyl/N-ethyl adjacent to an activating group) is 1. The van der Waals surface area contributed by atoms with Crippen LogP contribution in [0.15, 0.2) is 12.1 Å². The molecule has 1 N–H and O–H groups in total. The van der Waals surface area contributed by atoms with E-state index in [0.29, 0.717) is 6.42 Å². The third-order valence-electron chi connectivity index (χ3n) is 3.67. The highest BCUT2D eigenvalue weighted by molar-refractivity contribution is 5.34. The Labute approximate surface area is 112 Å². The van der Waals surface area contributed by atoms with Crippen LogP contribution in [0.3, 0.4) is 0 Å². The summed E-state index contributed by atoms with van der Waals surface area (Å²) in [5.74, 6) is -1.83. The number of piperazine rings is 1. The first-order valence-electron chi connectivity index (χ1n) is 6.64. The van der Waals surface area contributed by atoms with E-state index in [1.165, 1.54) is 0 Å². The van der Waals surface area contributed by atoms with Gasteiger partial charge in [0.05, 0.1) is 0 Å². The molecule has 0 unspecified atom stereocenters. The van der Waals surface area contributed by atoms with E-state index in [9.17, 15) is 13.9 Å². The average molecular weight is 270 g/mol. The van der Waals surface area contributed by atoms with E-state index in [1.54, 1.807) is 0 Å². The largest absolute Gasteiger partial charge is 0.505 e. The van der Waals surface area contributed by atoms with Crippen LogP contribution >= 0.6 is 0 Å². The topological polar surface area (TPSA) is 26.7 Å². The van der Waals surface area contributed by atoms with E-state index in [1.807, 2.05) is 0 Å². The van der Waals surface area contributed by atoms with E-state index >= 15 is 0 Å². The normalized spacial score (nSPS) is 17.8. The number of hydrogen-bond donors (Lipinski definition) is 1. The Morgan fingerprint density at radius 1 is 1.11 bits per heavy atom. The zero-order valence-electron chi connectivity index (χ0n) is 11.2. The lowest BCUT2D eigenvalue weighted by atomic mass is 10.1. The van der Waals surface area contributed by atoms with Crippen molar-refractivity contribution in [2.75, 3.05) is 39.8 Å². The average Bonchev–Trinajstić information content (AvgIpc) is 2.40. The van der Waals surface area contributed by atoms with Gasteiger partial charge in [-0.1, -0.05) is 0 Å². The molecular formula is C14H20F2N2O. The summed E-state index contributed by atoms with van der Waals surface area (Å²) in [6.07, 6.45) is 1.08. The summed E-state index contributed by atoms with van der Waals surface area (Å²) in [6, 6.07) is 2.02. The smallest absolute Gasteiger partial charge is 0.165 e. The molecule has 2 rings (SSSR count). The summed E-state index contributed by atoms with van der Waals surface area (Å²) in [5.41, 5.74) is 0.0918. The zero-order valence-corrected chi connectivity index (χ0v) is 11.2. The van der Waals surface area contributed by atoms with Crippen molar-refractivity contribution in [1.82, 2.24) is 9.80 Å². The van der Waals surface area contributed by atoms with Gasteiger partial charge in [0.1, 0.15) is 5.82 Å². The van der Waals surface area contributed by atoms with Gasteiger partial charge in [0, 0.05) is 31.7 Å². The molecule has 5 heteroatoms. The standard InChI is InChI=1S/C14H20F2N2O/c1-17-7-9-18(10-8-17)6-2-3-11-12(15)4-5-13(16)14(11)19/h4-5,19H,2-3,6-10H2,1H3. The maximum Gasteiger partial charge on any atom is 0.165 e. The predicted octanol–water partition coefficient (Wildman–Crippen LogP) is 1.85. The van der Waals surface area contributed by atoms with Gasteiger partial charge in [0.15, 0.2) is 11.6 Å². The number of halogens is 2. The van der Waals surface area contributed by atoms with Crippen LogP contribution in [0.1, 0.15) is 12.0 Å². The summed E-state index contributed by atoms with van der Waals surface area (Å²) in [6.45, 7) is 4.95. The summed E-state index contributed by atoms with van der Waals surface area (Å²) in [4.78, 5) is 4.59. The van der Waals surface area contributed by atoms with E-state index in [4.69, 9.17) is 0 Å². The Morgan fingerprint density at radius 2 is 1.74 bits per heavy atom. The van der Waals surface area contributed by atoms with Crippen molar-refractivity contribution in [3.63, 3.8) is 0 Å². The van der Waals surface area contributed by atoms with Gasteiger partial charge in [-0.25, -0.2) is 8.78 Å². The van der Waals surface area contributed by atoms with Crippen molar-refractivity contribution in [3.05, 3.63) is 29.3 Å². The Morgan fingerprint density at radius 3 is 2.42 bits per heavy atom. The van der Waals surface area contributed by atoms with Crippen LogP contribution in [0.2, 0.25) is 0 Å². The number of aromatic hydroxyl groups is 1. The first-order chi connectivity index (χ1) is 9.08. The van der Waals surface area contributed by atoms with Crippen LogP contribution in [0.5, 0.6) is 5.75 Å². The second kappa shape index (κ2) is 6.30. The maximum absolute atomic E-state index is 13.5. The third-order valence-corrected chi connectivity index (χ3v) is 3.67. The highest BCUT2D eigenvalue weighted by Crippen LogP contribution is 2.25. The fourth-order valence-corrected chi connectivity index (χ4v) is 2.37. The Balaban J connectivity index is 1.84. The third kappa shape index (κ3) is 3.64. The number of hydrogen-bond acceptors (Lipinski definition) is 3. The van der Waals surface area contributed by atoms with Crippen molar-refractivity contribution in [1.29, 1.82) is 0 Å². The number of benzene rings is 1. The molecule has 0 atom stereocenters. The lowest BCUT2D eigenvalue weighted by Gasteiger charge is -2.32. The highest BCUT2D eigenvalue weighted by Gasteiger charge is 2.15. The van der Waals surface area contributed by atoms with Crippen molar-refractivity contribution < 1.29 is 13.9 Å². The molecule has 1 aliphatic heterocycles. The zero-order chi connectivity index (χ0) is 13.8. The summed E-state index contributed by atoms with van der Waals surface area (Å²) < 4.78 is 26.7.